The van der Waals surface area contributed by atoms with Crippen molar-refractivity contribution in [2.24, 2.45) is 5.92 Å². The maximum Gasteiger partial charge on any atom is 0.415 e. The van der Waals surface area contributed by atoms with E-state index in [9.17, 15) is 9.59 Å². The summed E-state index contributed by atoms with van der Waals surface area (Å²) in [7, 11) is 0. The molecule has 3 amide bonds. The maximum absolute atomic E-state index is 12.4. The summed E-state index contributed by atoms with van der Waals surface area (Å²) < 4.78 is 5.39. The van der Waals surface area contributed by atoms with Gasteiger partial charge in [-0.05, 0) is 37.3 Å². The van der Waals surface area contributed by atoms with Crippen LogP contribution in [0, 0.1) is 5.92 Å². The zero-order chi connectivity index (χ0) is 17.5. The molecule has 2 fully saturated rings. The molecule has 1 aliphatic carbocycles. The molecule has 1 aliphatic heterocycles. The van der Waals surface area contributed by atoms with Crippen molar-refractivity contribution in [2.45, 2.75) is 32.1 Å². The Morgan fingerprint density at radius 2 is 1.64 bits per heavy atom. The average molecular weight is 345 g/mol. The third kappa shape index (κ3) is 5.11. The molecule has 1 aromatic rings. The van der Waals surface area contributed by atoms with Crippen LogP contribution in [-0.4, -0.2) is 54.6 Å². The molecule has 1 heterocycles. The van der Waals surface area contributed by atoms with Crippen molar-refractivity contribution < 1.29 is 14.3 Å². The van der Waals surface area contributed by atoms with Gasteiger partial charge in [0.25, 0.3) is 0 Å². The predicted octanol–water partition coefficient (Wildman–Crippen LogP) is 3.09. The van der Waals surface area contributed by atoms with Crippen LogP contribution in [0.2, 0.25) is 0 Å². The summed E-state index contributed by atoms with van der Waals surface area (Å²) in [6, 6.07) is 9.07. The van der Waals surface area contributed by atoms with Crippen molar-refractivity contribution in [3.63, 3.8) is 0 Å². The molecule has 136 valence electrons. The zero-order valence-corrected chi connectivity index (χ0v) is 14.7. The number of urea groups is 1. The number of hydrogen-bond acceptors (Lipinski definition) is 3. The quantitative estimate of drug-likeness (QED) is 0.916. The van der Waals surface area contributed by atoms with E-state index in [1.807, 2.05) is 23.1 Å². The number of para-hydroxylation sites is 1. The fourth-order valence-electron chi connectivity index (χ4n) is 3.51. The Morgan fingerprint density at radius 3 is 2.40 bits per heavy atom. The molecular weight excluding hydrogens is 318 g/mol. The van der Waals surface area contributed by atoms with Gasteiger partial charge in [-0.1, -0.05) is 31.0 Å². The zero-order valence-electron chi connectivity index (χ0n) is 14.7. The standard InChI is InChI=1S/C19H27N3O3/c23-18(20-15-16-7-4-5-8-16)21-11-6-12-22(14-13-21)19(24)25-17-9-2-1-3-10-17/h1-3,9-10,16H,4-8,11-15H2,(H,20,23). The van der Waals surface area contributed by atoms with E-state index in [1.165, 1.54) is 25.7 Å². The monoisotopic (exact) mass is 345 g/mol. The lowest BCUT2D eigenvalue weighted by Crippen LogP contribution is -2.44. The lowest BCUT2D eigenvalue weighted by atomic mass is 10.1. The maximum atomic E-state index is 12.4. The fourth-order valence-corrected chi connectivity index (χ4v) is 3.51. The molecule has 0 unspecified atom stereocenters. The Bertz CT molecular complexity index is 573. The van der Waals surface area contributed by atoms with Gasteiger partial charge in [0.2, 0.25) is 0 Å². The molecule has 0 bridgehead atoms. The summed E-state index contributed by atoms with van der Waals surface area (Å²) in [6.45, 7) is 3.10. The van der Waals surface area contributed by atoms with Gasteiger partial charge in [0.05, 0.1) is 0 Å². The van der Waals surface area contributed by atoms with E-state index < -0.39 is 0 Å². The highest BCUT2D eigenvalue weighted by Crippen LogP contribution is 2.23. The Morgan fingerprint density at radius 1 is 0.960 bits per heavy atom. The van der Waals surface area contributed by atoms with Crippen LogP contribution in [0.25, 0.3) is 0 Å². The molecule has 3 rings (SSSR count). The minimum Gasteiger partial charge on any atom is -0.410 e. The summed E-state index contributed by atoms with van der Waals surface area (Å²) in [5.41, 5.74) is 0. The summed E-state index contributed by atoms with van der Waals surface area (Å²) in [6.07, 6.45) is 5.42. The molecule has 1 saturated heterocycles. The first kappa shape index (κ1) is 17.6. The molecule has 1 saturated carbocycles. The van der Waals surface area contributed by atoms with Crippen molar-refractivity contribution in [2.75, 3.05) is 32.7 Å². The average Bonchev–Trinajstić information content (AvgIpc) is 3.02. The molecule has 1 N–H and O–H groups in total. The Labute approximate surface area is 149 Å². The van der Waals surface area contributed by atoms with Crippen molar-refractivity contribution in [3.8, 4) is 5.75 Å². The van der Waals surface area contributed by atoms with E-state index in [0.29, 0.717) is 37.8 Å². The van der Waals surface area contributed by atoms with E-state index in [2.05, 4.69) is 5.32 Å². The van der Waals surface area contributed by atoms with Crippen LogP contribution in [0.4, 0.5) is 9.59 Å². The summed E-state index contributed by atoms with van der Waals surface area (Å²) in [5, 5.41) is 3.06. The number of amides is 3. The lowest BCUT2D eigenvalue weighted by molar-refractivity contribution is 0.153. The molecule has 25 heavy (non-hydrogen) atoms. The first-order chi connectivity index (χ1) is 12.2. The number of rotatable bonds is 3. The van der Waals surface area contributed by atoms with Crippen molar-refractivity contribution >= 4 is 12.1 Å². The Balaban J connectivity index is 1.44. The minimum absolute atomic E-state index is 0.00910. The van der Waals surface area contributed by atoms with Gasteiger partial charge in [0, 0.05) is 32.7 Å². The lowest BCUT2D eigenvalue weighted by Gasteiger charge is -2.23. The van der Waals surface area contributed by atoms with Gasteiger partial charge < -0.3 is 19.9 Å². The van der Waals surface area contributed by atoms with Crippen LogP contribution in [0.15, 0.2) is 30.3 Å². The van der Waals surface area contributed by atoms with Gasteiger partial charge in [-0.2, -0.15) is 0 Å². The highest BCUT2D eigenvalue weighted by atomic mass is 16.6. The molecule has 0 atom stereocenters. The van der Waals surface area contributed by atoms with Gasteiger partial charge in [-0.25, -0.2) is 9.59 Å². The first-order valence-electron chi connectivity index (χ1n) is 9.27. The molecule has 6 heteroatoms. The fraction of sp³-hybridized carbons (Fsp3) is 0.579. The molecule has 0 radical (unpaired) electrons. The summed E-state index contributed by atoms with van der Waals surface area (Å²) >= 11 is 0. The molecule has 6 nitrogen and oxygen atoms in total. The van der Waals surface area contributed by atoms with Gasteiger partial charge in [-0.15, -0.1) is 0 Å². The molecule has 0 spiro atoms. The number of carbonyl (C=O) groups excluding carboxylic acids is 2. The third-order valence-corrected chi connectivity index (χ3v) is 5.01. The topological polar surface area (TPSA) is 61.9 Å². The van der Waals surface area contributed by atoms with Crippen LogP contribution < -0.4 is 10.1 Å². The van der Waals surface area contributed by atoms with Crippen molar-refractivity contribution in [3.05, 3.63) is 30.3 Å². The minimum atomic E-state index is -0.348. The van der Waals surface area contributed by atoms with Crippen LogP contribution in [0.5, 0.6) is 5.75 Å². The van der Waals surface area contributed by atoms with E-state index >= 15 is 0 Å². The number of hydrogen-bond donors (Lipinski definition) is 1. The normalized spacial score (nSPS) is 18.7. The van der Waals surface area contributed by atoms with Crippen LogP contribution in [0.1, 0.15) is 32.1 Å². The smallest absolute Gasteiger partial charge is 0.410 e. The highest BCUT2D eigenvalue weighted by molar-refractivity contribution is 5.74. The molecule has 1 aromatic carbocycles. The van der Waals surface area contributed by atoms with Crippen molar-refractivity contribution in [1.29, 1.82) is 0 Å². The summed E-state index contributed by atoms with van der Waals surface area (Å²) in [4.78, 5) is 28.1. The van der Waals surface area contributed by atoms with Gasteiger partial charge >= 0.3 is 12.1 Å². The van der Waals surface area contributed by atoms with Crippen LogP contribution >= 0.6 is 0 Å². The molecule has 0 aromatic heterocycles. The first-order valence-corrected chi connectivity index (χ1v) is 9.27. The number of nitrogens with zero attached hydrogens (tertiary/aromatic N) is 2. The Hall–Kier alpha value is -2.24. The number of nitrogens with one attached hydrogen (secondary N) is 1. The number of ether oxygens (including phenoxy) is 1. The second kappa shape index (κ2) is 8.74. The molecule has 2 aliphatic rings. The van der Waals surface area contributed by atoms with E-state index in [4.69, 9.17) is 4.74 Å². The van der Waals surface area contributed by atoms with Crippen molar-refractivity contribution in [1.82, 2.24) is 15.1 Å². The van der Waals surface area contributed by atoms with Crippen LogP contribution in [0.3, 0.4) is 0 Å². The van der Waals surface area contributed by atoms with Gasteiger partial charge in [-0.3, -0.25) is 0 Å². The second-order valence-electron chi connectivity index (χ2n) is 6.85. The van der Waals surface area contributed by atoms with E-state index in [0.717, 1.165) is 13.0 Å². The van der Waals surface area contributed by atoms with Gasteiger partial charge in [0.1, 0.15) is 5.75 Å². The van der Waals surface area contributed by atoms with E-state index in [1.54, 1.807) is 17.0 Å². The van der Waals surface area contributed by atoms with Crippen LogP contribution in [-0.2, 0) is 0 Å². The summed E-state index contributed by atoms with van der Waals surface area (Å²) in [5.74, 6) is 1.18. The predicted molar refractivity (Wildman–Crippen MR) is 95.6 cm³/mol. The largest absolute Gasteiger partial charge is 0.415 e. The number of carbonyl (C=O) groups is 2. The Kier molecular flexibility index (Phi) is 6.14. The molecular formula is C19H27N3O3. The third-order valence-electron chi connectivity index (χ3n) is 5.01. The highest BCUT2D eigenvalue weighted by Gasteiger charge is 2.24. The SMILES string of the molecule is O=C(NCC1CCCC1)N1CCCN(C(=O)Oc2ccccc2)CC1. The number of benzene rings is 1. The van der Waals surface area contributed by atoms with Gasteiger partial charge in [0.15, 0.2) is 0 Å². The second-order valence-corrected chi connectivity index (χ2v) is 6.85. The van der Waals surface area contributed by atoms with E-state index in [-0.39, 0.29) is 12.1 Å².